The third-order valence-corrected chi connectivity index (χ3v) is 3.23. The summed E-state index contributed by atoms with van der Waals surface area (Å²) in [6.07, 6.45) is -1.74. The maximum atomic E-state index is 13.8. The Balaban J connectivity index is 3.28. The van der Waals surface area contributed by atoms with Crippen LogP contribution in [0.15, 0.2) is 12.1 Å². The lowest BCUT2D eigenvalue weighted by atomic mass is 10.0. The molecule has 0 saturated heterocycles. The van der Waals surface area contributed by atoms with Crippen LogP contribution in [0.5, 0.6) is 5.75 Å². The summed E-state index contributed by atoms with van der Waals surface area (Å²) in [5.41, 5.74) is -0.475. The Morgan fingerprint density at radius 1 is 1.42 bits per heavy atom. The number of ether oxygens (including phenoxy) is 1. The monoisotopic (exact) mass is 312 g/mol. The smallest absolute Gasteiger partial charge is 0.344 e. The highest BCUT2D eigenvalue weighted by Crippen LogP contribution is 2.41. The molecule has 1 unspecified atom stereocenters. The zero-order valence-corrected chi connectivity index (χ0v) is 11.7. The molecule has 0 fully saturated rings. The lowest BCUT2D eigenvalue weighted by Crippen LogP contribution is -2.25. The van der Waals surface area contributed by atoms with E-state index in [1.54, 1.807) is 0 Å². The molecular formula is C12H12Cl2F2O3. The largest absolute Gasteiger partial charge is 0.479 e. The Bertz CT molecular complexity index is 492. The summed E-state index contributed by atoms with van der Waals surface area (Å²) in [4.78, 5) is 10.7. The number of carboxylic acid groups (broad SMARTS) is 1. The van der Waals surface area contributed by atoms with E-state index in [4.69, 9.17) is 33.0 Å². The van der Waals surface area contributed by atoms with Crippen LogP contribution in [0.3, 0.4) is 0 Å². The summed E-state index contributed by atoms with van der Waals surface area (Å²) >= 11 is 11.4. The Kier molecular flexibility index (Phi) is 4.98. The molecule has 7 heteroatoms. The first-order valence-electron chi connectivity index (χ1n) is 5.45. The molecule has 1 rings (SSSR count). The van der Waals surface area contributed by atoms with Gasteiger partial charge in [-0.3, -0.25) is 0 Å². The minimum absolute atomic E-state index is 0.0184. The van der Waals surface area contributed by atoms with Crippen molar-refractivity contribution in [3.63, 3.8) is 0 Å². The molecule has 0 radical (unpaired) electrons. The van der Waals surface area contributed by atoms with Crippen LogP contribution in [0.2, 0.25) is 10.0 Å². The highest BCUT2D eigenvalue weighted by atomic mass is 35.5. The van der Waals surface area contributed by atoms with E-state index >= 15 is 0 Å². The van der Waals surface area contributed by atoms with Crippen LogP contribution in [-0.4, -0.2) is 17.2 Å². The van der Waals surface area contributed by atoms with Crippen molar-refractivity contribution in [2.75, 3.05) is 0 Å². The van der Waals surface area contributed by atoms with Crippen LogP contribution in [-0.2, 0) is 10.7 Å². The van der Waals surface area contributed by atoms with Gasteiger partial charge in [0.15, 0.2) is 6.10 Å². The van der Waals surface area contributed by atoms with Crippen molar-refractivity contribution in [3.05, 3.63) is 27.7 Å². The van der Waals surface area contributed by atoms with Crippen molar-refractivity contribution in [1.29, 1.82) is 0 Å². The summed E-state index contributed by atoms with van der Waals surface area (Å²) in [5.74, 6) is -4.73. The molecule has 0 aromatic heterocycles. The Hall–Kier alpha value is -1.07. The molecule has 106 valence electrons. The lowest BCUT2D eigenvalue weighted by Gasteiger charge is -2.21. The van der Waals surface area contributed by atoms with Gasteiger partial charge in [0.05, 0.1) is 15.6 Å². The molecule has 1 aromatic rings. The number of rotatable bonds is 5. The second-order valence-corrected chi connectivity index (χ2v) is 4.73. The number of halogens is 4. The van der Waals surface area contributed by atoms with E-state index in [9.17, 15) is 13.6 Å². The summed E-state index contributed by atoms with van der Waals surface area (Å²) in [6.45, 7) is 2.53. The number of hydrogen-bond acceptors (Lipinski definition) is 2. The fourth-order valence-electron chi connectivity index (χ4n) is 1.34. The molecule has 0 bridgehead atoms. The molecule has 3 nitrogen and oxygen atoms in total. The number of carboxylic acids is 1. The number of aliphatic carboxylic acids is 1. The SMILES string of the molecule is CCC(F)(F)c1cc(Cl)c(Cl)cc1OC(C)C(=O)O. The summed E-state index contributed by atoms with van der Waals surface area (Å²) in [7, 11) is 0. The minimum atomic E-state index is -3.18. The number of carbonyl (C=O) groups is 1. The molecule has 19 heavy (non-hydrogen) atoms. The molecule has 0 saturated carbocycles. The van der Waals surface area contributed by atoms with Crippen molar-refractivity contribution < 1.29 is 23.4 Å². The van der Waals surface area contributed by atoms with Crippen LogP contribution < -0.4 is 4.74 Å². The van der Waals surface area contributed by atoms with E-state index in [1.807, 2.05) is 0 Å². The predicted octanol–water partition coefficient (Wildman–Crippen LogP) is 4.35. The van der Waals surface area contributed by atoms with E-state index in [0.29, 0.717) is 0 Å². The Labute approximate surface area is 119 Å². The van der Waals surface area contributed by atoms with Crippen molar-refractivity contribution >= 4 is 29.2 Å². The van der Waals surface area contributed by atoms with Crippen LogP contribution in [0.4, 0.5) is 8.78 Å². The second kappa shape index (κ2) is 5.92. The molecule has 1 N–H and O–H groups in total. The topological polar surface area (TPSA) is 46.5 Å². The molecular weight excluding hydrogens is 301 g/mol. The summed E-state index contributed by atoms with van der Waals surface area (Å²) in [6, 6.07) is 2.10. The molecule has 1 atom stereocenters. The standard InChI is InChI=1S/C12H12Cl2F2O3/c1-3-12(15,16)7-4-8(13)9(14)5-10(7)19-6(2)11(17)18/h4-6H,3H2,1-2H3,(H,17,18). The molecule has 0 amide bonds. The van der Waals surface area contributed by atoms with Crippen LogP contribution in [0, 0.1) is 0 Å². The lowest BCUT2D eigenvalue weighted by molar-refractivity contribution is -0.144. The number of alkyl halides is 2. The first kappa shape index (κ1) is 16.0. The summed E-state index contributed by atoms with van der Waals surface area (Å²) in [5, 5.41) is 8.72. The maximum absolute atomic E-state index is 13.8. The van der Waals surface area contributed by atoms with Crippen molar-refractivity contribution in [1.82, 2.24) is 0 Å². The van der Waals surface area contributed by atoms with Crippen molar-refractivity contribution in [2.45, 2.75) is 32.3 Å². The molecule has 0 spiro atoms. The third kappa shape index (κ3) is 3.70. The van der Waals surface area contributed by atoms with E-state index in [0.717, 1.165) is 12.1 Å². The van der Waals surface area contributed by atoms with Crippen LogP contribution in [0.1, 0.15) is 25.8 Å². The molecule has 0 aliphatic carbocycles. The maximum Gasteiger partial charge on any atom is 0.344 e. The zero-order valence-electron chi connectivity index (χ0n) is 10.2. The fraction of sp³-hybridized carbons (Fsp3) is 0.417. The summed E-state index contributed by atoms with van der Waals surface area (Å²) < 4.78 is 32.6. The first-order valence-corrected chi connectivity index (χ1v) is 6.21. The predicted molar refractivity (Wildman–Crippen MR) is 68.4 cm³/mol. The zero-order chi connectivity index (χ0) is 14.8. The first-order chi connectivity index (χ1) is 8.69. The molecule has 0 heterocycles. The van der Waals surface area contributed by atoms with E-state index in [2.05, 4.69) is 0 Å². The van der Waals surface area contributed by atoms with E-state index in [-0.39, 0.29) is 15.8 Å². The fourth-order valence-corrected chi connectivity index (χ4v) is 1.66. The third-order valence-electron chi connectivity index (χ3n) is 2.51. The minimum Gasteiger partial charge on any atom is -0.479 e. The Morgan fingerprint density at radius 2 is 1.95 bits per heavy atom. The molecule has 0 aliphatic rings. The Morgan fingerprint density at radius 3 is 2.42 bits per heavy atom. The normalized spacial score (nSPS) is 13.2. The van der Waals surface area contributed by atoms with Crippen LogP contribution in [0.25, 0.3) is 0 Å². The van der Waals surface area contributed by atoms with Gasteiger partial charge in [0.1, 0.15) is 5.75 Å². The van der Waals surface area contributed by atoms with E-state index < -0.39 is 30.0 Å². The van der Waals surface area contributed by atoms with Gasteiger partial charge in [0.25, 0.3) is 5.92 Å². The van der Waals surface area contributed by atoms with E-state index in [1.165, 1.54) is 13.8 Å². The van der Waals surface area contributed by atoms with Gasteiger partial charge in [-0.25, -0.2) is 13.6 Å². The van der Waals surface area contributed by atoms with Gasteiger partial charge >= 0.3 is 5.97 Å². The highest BCUT2D eigenvalue weighted by Gasteiger charge is 2.34. The highest BCUT2D eigenvalue weighted by molar-refractivity contribution is 6.42. The van der Waals surface area contributed by atoms with Crippen molar-refractivity contribution in [3.8, 4) is 5.75 Å². The van der Waals surface area contributed by atoms with Gasteiger partial charge in [-0.1, -0.05) is 30.1 Å². The van der Waals surface area contributed by atoms with Gasteiger partial charge in [-0.2, -0.15) is 0 Å². The average molecular weight is 313 g/mol. The average Bonchev–Trinajstić information content (AvgIpc) is 2.33. The number of benzene rings is 1. The van der Waals surface area contributed by atoms with Gasteiger partial charge in [0, 0.05) is 12.5 Å². The quantitative estimate of drug-likeness (QED) is 0.879. The van der Waals surface area contributed by atoms with Crippen LogP contribution >= 0.6 is 23.2 Å². The number of hydrogen-bond donors (Lipinski definition) is 1. The second-order valence-electron chi connectivity index (χ2n) is 3.92. The van der Waals surface area contributed by atoms with Gasteiger partial charge < -0.3 is 9.84 Å². The van der Waals surface area contributed by atoms with Gasteiger partial charge in [-0.15, -0.1) is 0 Å². The molecule has 1 aromatic carbocycles. The van der Waals surface area contributed by atoms with Gasteiger partial charge in [-0.05, 0) is 13.0 Å². The van der Waals surface area contributed by atoms with Crippen molar-refractivity contribution in [2.24, 2.45) is 0 Å². The van der Waals surface area contributed by atoms with Gasteiger partial charge in [0.2, 0.25) is 0 Å². The molecule has 0 aliphatic heterocycles.